The third-order valence-electron chi connectivity index (χ3n) is 10.8. The average Bonchev–Trinajstić information content (AvgIpc) is 3.87. The highest BCUT2D eigenvalue weighted by molar-refractivity contribution is 6.11. The summed E-state index contributed by atoms with van der Waals surface area (Å²) in [7, 11) is 2.12. The standard InChI is InChI=1S/C49H41N5O/c1-49(2,3)34-25-36(52-32-51(4)31-47(52)33-15-7-5-8-16-33)27-38(26-34)55-37-23-24-41-39-19-11-14-22-44(39)54(45(41)28-37)48-29-46-42(30-50-48)40-20-12-13-21-43(40)53(46)35-17-9-6-10-18-35/h5-31H,32H2,1-4H3. The van der Waals surface area contributed by atoms with Crippen LogP contribution in [0.4, 0.5) is 5.69 Å². The van der Waals surface area contributed by atoms with Gasteiger partial charge in [-0.3, -0.25) is 4.57 Å². The zero-order valence-electron chi connectivity index (χ0n) is 31.4. The van der Waals surface area contributed by atoms with Gasteiger partial charge in [0.05, 0.1) is 34.4 Å². The number of rotatable bonds is 6. The number of hydrogen-bond donors (Lipinski definition) is 0. The molecule has 55 heavy (non-hydrogen) atoms. The maximum absolute atomic E-state index is 6.87. The summed E-state index contributed by atoms with van der Waals surface area (Å²) in [6.07, 6.45) is 4.25. The predicted molar refractivity (Wildman–Crippen MR) is 228 cm³/mol. The summed E-state index contributed by atoms with van der Waals surface area (Å²) >= 11 is 0. The minimum absolute atomic E-state index is 0.0840. The molecule has 0 unspecified atom stereocenters. The summed E-state index contributed by atoms with van der Waals surface area (Å²) in [6, 6.07) is 53.6. The first kappa shape index (κ1) is 32.8. The van der Waals surface area contributed by atoms with Crippen LogP contribution in [0.15, 0.2) is 164 Å². The van der Waals surface area contributed by atoms with Crippen LogP contribution in [0.3, 0.4) is 0 Å². The zero-order valence-corrected chi connectivity index (χ0v) is 31.4. The largest absolute Gasteiger partial charge is 0.457 e. The van der Waals surface area contributed by atoms with Crippen molar-refractivity contribution in [3.8, 4) is 23.0 Å². The highest BCUT2D eigenvalue weighted by atomic mass is 16.5. The van der Waals surface area contributed by atoms with Crippen molar-refractivity contribution >= 4 is 55.0 Å². The van der Waals surface area contributed by atoms with E-state index in [1.807, 2.05) is 6.20 Å². The zero-order chi connectivity index (χ0) is 37.3. The molecule has 0 atom stereocenters. The van der Waals surface area contributed by atoms with Gasteiger partial charge in [-0.1, -0.05) is 106 Å². The van der Waals surface area contributed by atoms with E-state index in [1.54, 1.807) is 0 Å². The van der Waals surface area contributed by atoms with Crippen LogP contribution in [-0.4, -0.2) is 32.7 Å². The van der Waals surface area contributed by atoms with Crippen LogP contribution in [-0.2, 0) is 5.41 Å². The average molecular weight is 716 g/mol. The molecule has 6 heteroatoms. The van der Waals surface area contributed by atoms with Crippen molar-refractivity contribution in [3.63, 3.8) is 0 Å². The Morgan fingerprint density at radius 3 is 1.93 bits per heavy atom. The molecular formula is C49H41N5O. The number of nitrogens with zero attached hydrogens (tertiary/aromatic N) is 5. The van der Waals surface area contributed by atoms with Gasteiger partial charge < -0.3 is 19.1 Å². The van der Waals surface area contributed by atoms with E-state index < -0.39 is 0 Å². The van der Waals surface area contributed by atoms with Crippen LogP contribution in [0, 0.1) is 0 Å². The van der Waals surface area contributed by atoms with Gasteiger partial charge in [-0.2, -0.15) is 0 Å². The van der Waals surface area contributed by atoms with Crippen molar-refractivity contribution in [3.05, 3.63) is 175 Å². The molecule has 0 bridgehead atoms. The van der Waals surface area contributed by atoms with Gasteiger partial charge in [-0.05, 0) is 65.1 Å². The Balaban J connectivity index is 1.11. The quantitative estimate of drug-likeness (QED) is 0.172. The Morgan fingerprint density at radius 2 is 1.18 bits per heavy atom. The highest BCUT2D eigenvalue weighted by Crippen LogP contribution is 2.40. The molecule has 0 amide bonds. The molecule has 6 nitrogen and oxygen atoms in total. The number of ether oxygens (including phenoxy) is 1. The molecule has 0 saturated heterocycles. The van der Waals surface area contributed by atoms with Crippen LogP contribution >= 0.6 is 0 Å². The fourth-order valence-corrected chi connectivity index (χ4v) is 8.14. The minimum Gasteiger partial charge on any atom is -0.457 e. The van der Waals surface area contributed by atoms with Gasteiger partial charge in [0, 0.05) is 70.6 Å². The Labute approximate surface area is 320 Å². The van der Waals surface area contributed by atoms with Gasteiger partial charge in [-0.15, -0.1) is 0 Å². The molecule has 0 fully saturated rings. The Kier molecular flexibility index (Phi) is 7.56. The van der Waals surface area contributed by atoms with Crippen LogP contribution < -0.4 is 9.64 Å². The molecule has 10 rings (SSSR count). The third-order valence-corrected chi connectivity index (χ3v) is 10.8. The lowest BCUT2D eigenvalue weighted by Gasteiger charge is -2.27. The summed E-state index contributed by atoms with van der Waals surface area (Å²) in [5.41, 5.74) is 10.1. The lowest BCUT2D eigenvalue weighted by atomic mass is 9.86. The molecule has 6 aromatic carbocycles. The first-order valence-electron chi connectivity index (χ1n) is 18.9. The molecule has 0 N–H and O–H groups in total. The maximum Gasteiger partial charge on any atom is 0.139 e. The first-order chi connectivity index (χ1) is 26.8. The van der Waals surface area contributed by atoms with Gasteiger partial charge in [0.2, 0.25) is 0 Å². The van der Waals surface area contributed by atoms with E-state index in [0.29, 0.717) is 0 Å². The number of benzene rings is 6. The minimum atomic E-state index is -0.0840. The number of hydrogen-bond acceptors (Lipinski definition) is 4. The number of para-hydroxylation sites is 3. The van der Waals surface area contributed by atoms with Crippen molar-refractivity contribution < 1.29 is 4.74 Å². The van der Waals surface area contributed by atoms with E-state index in [0.717, 1.165) is 68.2 Å². The van der Waals surface area contributed by atoms with Crippen LogP contribution in [0.1, 0.15) is 31.9 Å². The molecule has 1 aliphatic rings. The molecule has 3 aromatic heterocycles. The summed E-state index contributed by atoms with van der Waals surface area (Å²) in [6.45, 7) is 7.52. The molecule has 4 heterocycles. The van der Waals surface area contributed by atoms with Crippen molar-refractivity contribution in [2.24, 2.45) is 0 Å². The molecular weight excluding hydrogens is 675 g/mol. The van der Waals surface area contributed by atoms with E-state index >= 15 is 0 Å². The van der Waals surface area contributed by atoms with E-state index in [2.05, 4.69) is 205 Å². The first-order valence-corrected chi connectivity index (χ1v) is 18.9. The smallest absolute Gasteiger partial charge is 0.139 e. The molecule has 0 saturated carbocycles. The van der Waals surface area contributed by atoms with Gasteiger partial charge in [0.25, 0.3) is 0 Å². The summed E-state index contributed by atoms with van der Waals surface area (Å²) in [4.78, 5) is 9.74. The summed E-state index contributed by atoms with van der Waals surface area (Å²) < 4.78 is 11.5. The van der Waals surface area contributed by atoms with Crippen molar-refractivity contribution in [2.75, 3.05) is 18.6 Å². The molecule has 9 aromatic rings. The Bertz CT molecular complexity index is 2930. The summed E-state index contributed by atoms with van der Waals surface area (Å²) in [5.74, 6) is 2.43. The van der Waals surface area contributed by atoms with Crippen molar-refractivity contribution in [2.45, 2.75) is 26.2 Å². The van der Waals surface area contributed by atoms with Gasteiger partial charge in [-0.25, -0.2) is 4.98 Å². The van der Waals surface area contributed by atoms with Crippen LogP contribution in [0.2, 0.25) is 0 Å². The Morgan fingerprint density at radius 1 is 0.545 bits per heavy atom. The fourth-order valence-electron chi connectivity index (χ4n) is 8.14. The monoisotopic (exact) mass is 715 g/mol. The number of anilines is 1. The second-order valence-electron chi connectivity index (χ2n) is 15.6. The van der Waals surface area contributed by atoms with Gasteiger partial charge in [0.15, 0.2) is 0 Å². The van der Waals surface area contributed by atoms with E-state index in [9.17, 15) is 0 Å². The number of fused-ring (bicyclic) bond motifs is 6. The highest BCUT2D eigenvalue weighted by Gasteiger charge is 2.25. The van der Waals surface area contributed by atoms with E-state index in [-0.39, 0.29) is 5.41 Å². The number of pyridine rings is 1. The van der Waals surface area contributed by atoms with E-state index in [1.165, 1.54) is 27.6 Å². The molecule has 1 aliphatic heterocycles. The van der Waals surface area contributed by atoms with E-state index in [4.69, 9.17) is 9.72 Å². The lowest BCUT2D eigenvalue weighted by molar-refractivity contribution is 0.477. The van der Waals surface area contributed by atoms with Crippen LogP contribution in [0.25, 0.3) is 60.8 Å². The normalized spacial score (nSPS) is 13.4. The second kappa shape index (κ2) is 12.7. The Hall–Kier alpha value is -6.79. The van der Waals surface area contributed by atoms with Crippen molar-refractivity contribution in [1.82, 2.24) is 19.0 Å². The third kappa shape index (κ3) is 5.60. The summed E-state index contributed by atoms with van der Waals surface area (Å²) in [5, 5.41) is 4.62. The van der Waals surface area contributed by atoms with Gasteiger partial charge >= 0.3 is 0 Å². The second-order valence-corrected chi connectivity index (χ2v) is 15.6. The number of aromatic nitrogens is 3. The predicted octanol–water partition coefficient (Wildman–Crippen LogP) is 12.1. The molecule has 0 aliphatic carbocycles. The van der Waals surface area contributed by atoms with Gasteiger partial charge in [0.1, 0.15) is 17.3 Å². The molecule has 268 valence electrons. The fraction of sp³-hybridized carbons (Fsp3) is 0.122. The topological polar surface area (TPSA) is 38.5 Å². The lowest BCUT2D eigenvalue weighted by Crippen LogP contribution is -2.24. The molecule has 0 spiro atoms. The SMILES string of the molecule is CN1C=C(c2ccccc2)N(c2cc(Oc3ccc4c5ccccc5n(-c5cc6c(cn5)c5ccccc5n6-c5ccccc5)c4c3)cc(C(C)(C)C)c2)C1. The molecule has 0 radical (unpaired) electrons. The van der Waals surface area contributed by atoms with Crippen LogP contribution in [0.5, 0.6) is 11.5 Å². The van der Waals surface area contributed by atoms with Crippen molar-refractivity contribution in [1.29, 1.82) is 0 Å². The maximum atomic E-state index is 6.87.